The molecule has 4 rings (SSSR count). The van der Waals surface area contributed by atoms with E-state index in [0.717, 1.165) is 30.8 Å². The Morgan fingerprint density at radius 2 is 2.08 bits per heavy atom. The number of pyridine rings is 1. The predicted molar refractivity (Wildman–Crippen MR) is 104 cm³/mol. The summed E-state index contributed by atoms with van der Waals surface area (Å²) in [5.74, 6) is 0.951. The molecule has 138 valence electrons. The third kappa shape index (κ3) is 5.41. The first-order chi connectivity index (χ1) is 12.2. The molecular formula is C21H32N2O2. The van der Waals surface area contributed by atoms with Gasteiger partial charge in [0.05, 0.1) is 6.10 Å². The number of hydrogen-bond acceptors (Lipinski definition) is 4. The Morgan fingerprint density at radius 3 is 2.68 bits per heavy atom. The third-order valence-electron chi connectivity index (χ3n) is 4.18. The first-order valence-corrected chi connectivity index (χ1v) is 9.55. The summed E-state index contributed by atoms with van der Waals surface area (Å²) in [6, 6.07) is 6.33. The van der Waals surface area contributed by atoms with Crippen molar-refractivity contribution in [3.8, 4) is 5.75 Å². The van der Waals surface area contributed by atoms with Crippen LogP contribution >= 0.6 is 0 Å². The van der Waals surface area contributed by atoms with Crippen molar-refractivity contribution in [2.45, 2.75) is 66.0 Å². The highest BCUT2D eigenvalue weighted by Gasteiger charge is 2.16. The molecule has 0 saturated carbocycles. The van der Waals surface area contributed by atoms with Crippen LogP contribution in [0.4, 0.5) is 0 Å². The van der Waals surface area contributed by atoms with Crippen LogP contribution in [0.3, 0.4) is 0 Å². The zero-order valence-corrected chi connectivity index (χ0v) is 16.1. The van der Waals surface area contributed by atoms with Gasteiger partial charge in [-0.1, -0.05) is 39.3 Å². The fourth-order valence-corrected chi connectivity index (χ4v) is 2.98. The summed E-state index contributed by atoms with van der Waals surface area (Å²) >= 11 is 0. The van der Waals surface area contributed by atoms with Crippen molar-refractivity contribution in [3.05, 3.63) is 35.5 Å². The summed E-state index contributed by atoms with van der Waals surface area (Å²) in [6.07, 6.45) is 7.18. The van der Waals surface area contributed by atoms with Gasteiger partial charge in [-0.25, -0.2) is 0 Å². The van der Waals surface area contributed by atoms with Crippen molar-refractivity contribution in [1.29, 1.82) is 0 Å². The summed E-state index contributed by atoms with van der Waals surface area (Å²) < 4.78 is 10.8. The lowest BCUT2D eigenvalue weighted by Crippen LogP contribution is -2.25. The predicted octanol–water partition coefficient (Wildman–Crippen LogP) is 4.84. The molecule has 1 aromatic heterocycles. The molecule has 0 bridgehead atoms. The molecule has 1 aromatic carbocycles. The fraction of sp³-hybridized carbons (Fsp3) is 0.571. The molecule has 25 heavy (non-hydrogen) atoms. The van der Waals surface area contributed by atoms with Gasteiger partial charge in [-0.05, 0) is 37.8 Å². The lowest BCUT2D eigenvalue weighted by Gasteiger charge is -2.21. The number of aryl methyl sites for hydroxylation is 1. The topological polar surface area (TPSA) is 43.4 Å². The smallest absolute Gasteiger partial charge is 0.152 e. The Labute approximate surface area is 151 Å². The maximum absolute atomic E-state index is 5.66. The molecule has 0 spiro atoms. The van der Waals surface area contributed by atoms with E-state index in [1.54, 1.807) is 0 Å². The number of fused-ring (bicyclic) bond motifs is 3. The molecule has 0 radical (unpaired) electrons. The van der Waals surface area contributed by atoms with Crippen molar-refractivity contribution >= 4 is 10.9 Å². The highest BCUT2D eigenvalue weighted by molar-refractivity contribution is 5.89. The number of ether oxygens (including phenoxy) is 2. The SMILES string of the molecule is CC1CCCO1.CCC.CCc1cc2c(c3ncccc13)OCNC2. The molecule has 1 fully saturated rings. The first kappa shape index (κ1) is 19.7. The van der Waals surface area contributed by atoms with Crippen molar-refractivity contribution < 1.29 is 9.47 Å². The van der Waals surface area contributed by atoms with Crippen molar-refractivity contribution in [3.63, 3.8) is 0 Å². The fourth-order valence-electron chi connectivity index (χ4n) is 2.98. The van der Waals surface area contributed by atoms with Gasteiger partial charge in [-0.3, -0.25) is 10.3 Å². The second-order valence-electron chi connectivity index (χ2n) is 6.52. The van der Waals surface area contributed by atoms with Crippen LogP contribution in [-0.4, -0.2) is 24.4 Å². The summed E-state index contributed by atoms with van der Waals surface area (Å²) in [5, 5.41) is 4.42. The van der Waals surface area contributed by atoms with Crippen LogP contribution in [-0.2, 0) is 17.7 Å². The molecule has 3 heterocycles. The van der Waals surface area contributed by atoms with Crippen molar-refractivity contribution in [2.24, 2.45) is 0 Å². The number of benzene rings is 1. The van der Waals surface area contributed by atoms with Crippen LogP contribution in [0.2, 0.25) is 0 Å². The molecule has 1 N–H and O–H groups in total. The van der Waals surface area contributed by atoms with Gasteiger partial charge in [0.2, 0.25) is 0 Å². The molecule has 0 amide bonds. The number of aromatic nitrogens is 1. The standard InChI is InChI=1S/C13H14N2O.C5H10O.C3H8/c1-2-9-6-10-7-14-8-16-13(10)12-11(9)4-3-5-15-12;1-5-3-2-4-6-5;1-3-2/h3-6,14H,2,7-8H2,1H3;5H,2-4H2,1H3;3H2,1-2H3. The van der Waals surface area contributed by atoms with Crippen molar-refractivity contribution in [1.82, 2.24) is 10.3 Å². The van der Waals surface area contributed by atoms with E-state index in [-0.39, 0.29) is 0 Å². The molecule has 0 aliphatic carbocycles. The lowest BCUT2D eigenvalue weighted by atomic mass is 10.0. The van der Waals surface area contributed by atoms with Crippen LogP contribution in [0.25, 0.3) is 10.9 Å². The van der Waals surface area contributed by atoms with E-state index in [2.05, 4.69) is 50.1 Å². The molecule has 1 unspecified atom stereocenters. The summed E-state index contributed by atoms with van der Waals surface area (Å²) in [5.41, 5.74) is 3.56. The third-order valence-corrected chi connectivity index (χ3v) is 4.18. The van der Waals surface area contributed by atoms with Gasteiger partial charge in [-0.15, -0.1) is 0 Å². The largest absolute Gasteiger partial charge is 0.476 e. The number of nitrogens with zero attached hydrogens (tertiary/aromatic N) is 1. The maximum atomic E-state index is 5.66. The van der Waals surface area contributed by atoms with E-state index in [4.69, 9.17) is 9.47 Å². The lowest BCUT2D eigenvalue weighted by molar-refractivity contribution is 0.125. The molecule has 1 atom stereocenters. The van der Waals surface area contributed by atoms with E-state index in [1.165, 1.54) is 35.8 Å². The molecule has 2 aliphatic heterocycles. The first-order valence-electron chi connectivity index (χ1n) is 9.55. The van der Waals surface area contributed by atoms with Crippen LogP contribution in [0.5, 0.6) is 5.75 Å². The Hall–Kier alpha value is -1.65. The molecular weight excluding hydrogens is 312 g/mol. The Bertz CT molecular complexity index is 652. The second kappa shape index (κ2) is 10.4. The van der Waals surface area contributed by atoms with Gasteiger partial charge >= 0.3 is 0 Å². The second-order valence-corrected chi connectivity index (χ2v) is 6.52. The summed E-state index contributed by atoms with van der Waals surface area (Å²) in [4.78, 5) is 4.45. The van der Waals surface area contributed by atoms with E-state index in [9.17, 15) is 0 Å². The molecule has 2 aromatic rings. The average Bonchev–Trinajstić information content (AvgIpc) is 3.13. The Balaban J connectivity index is 0.000000209. The van der Waals surface area contributed by atoms with Gasteiger partial charge in [0.1, 0.15) is 12.2 Å². The number of nitrogens with one attached hydrogen (secondary N) is 1. The van der Waals surface area contributed by atoms with Gasteiger partial charge in [0.15, 0.2) is 5.75 Å². The minimum absolute atomic E-state index is 0.546. The van der Waals surface area contributed by atoms with Crippen molar-refractivity contribution in [2.75, 3.05) is 13.3 Å². The van der Waals surface area contributed by atoms with Gasteiger partial charge in [0.25, 0.3) is 0 Å². The van der Waals surface area contributed by atoms with Crippen LogP contribution in [0.1, 0.15) is 58.1 Å². The highest BCUT2D eigenvalue weighted by atomic mass is 16.5. The number of rotatable bonds is 1. The van der Waals surface area contributed by atoms with Crippen LogP contribution < -0.4 is 10.1 Å². The zero-order chi connectivity index (χ0) is 18.1. The van der Waals surface area contributed by atoms with Gasteiger partial charge in [-0.2, -0.15) is 0 Å². The summed E-state index contributed by atoms with van der Waals surface area (Å²) in [6.45, 7) is 11.0. The van der Waals surface area contributed by atoms with Gasteiger partial charge in [0, 0.05) is 30.3 Å². The Morgan fingerprint density at radius 1 is 1.28 bits per heavy atom. The summed E-state index contributed by atoms with van der Waals surface area (Å²) in [7, 11) is 0. The molecule has 4 heteroatoms. The van der Waals surface area contributed by atoms with Crippen LogP contribution in [0.15, 0.2) is 24.4 Å². The molecule has 1 saturated heterocycles. The highest BCUT2D eigenvalue weighted by Crippen LogP contribution is 2.32. The molecule has 2 aliphatic rings. The van der Waals surface area contributed by atoms with Crippen LogP contribution in [0, 0.1) is 0 Å². The minimum atomic E-state index is 0.546. The average molecular weight is 344 g/mol. The maximum Gasteiger partial charge on any atom is 0.152 e. The monoisotopic (exact) mass is 344 g/mol. The van der Waals surface area contributed by atoms with E-state index in [0.29, 0.717) is 12.8 Å². The Kier molecular flexibility index (Phi) is 8.16. The normalized spacial score (nSPS) is 18.3. The number of hydrogen-bond donors (Lipinski definition) is 1. The van der Waals surface area contributed by atoms with E-state index in [1.807, 2.05) is 12.3 Å². The van der Waals surface area contributed by atoms with Gasteiger partial charge < -0.3 is 9.47 Å². The zero-order valence-electron chi connectivity index (χ0n) is 16.1. The quantitative estimate of drug-likeness (QED) is 0.804. The molecule has 4 nitrogen and oxygen atoms in total. The van der Waals surface area contributed by atoms with E-state index >= 15 is 0 Å². The van der Waals surface area contributed by atoms with E-state index < -0.39 is 0 Å². The minimum Gasteiger partial charge on any atom is -0.476 e.